The Labute approximate surface area is 197 Å². The Morgan fingerprint density at radius 3 is 2.33 bits per heavy atom. The van der Waals surface area contributed by atoms with Crippen molar-refractivity contribution in [2.45, 2.75) is 62.4 Å². The zero-order valence-corrected chi connectivity index (χ0v) is 20.2. The highest BCUT2D eigenvalue weighted by atomic mass is 32.2. The number of hydrogen-bond acceptors (Lipinski definition) is 3. The van der Waals surface area contributed by atoms with Crippen LogP contribution in [0.4, 0.5) is 8.78 Å². The van der Waals surface area contributed by atoms with Gasteiger partial charge in [-0.3, -0.25) is 13.9 Å². The summed E-state index contributed by atoms with van der Waals surface area (Å²) in [4.78, 5) is 18.0. The number of benzene rings is 2. The molecule has 2 heterocycles. The molecule has 2 aliphatic heterocycles. The Morgan fingerprint density at radius 2 is 1.67 bits per heavy atom. The van der Waals surface area contributed by atoms with Crippen LogP contribution in [0.25, 0.3) is 11.1 Å². The molecule has 4 nitrogen and oxygen atoms in total. The van der Waals surface area contributed by atoms with Crippen molar-refractivity contribution in [3.63, 3.8) is 0 Å². The number of hydrogen-bond donors (Lipinski definition) is 0. The fraction of sp³-hybridized carbons (Fsp3) is 0.500. The molecule has 0 aromatic heterocycles. The number of halogens is 2. The first-order valence-electron chi connectivity index (χ1n) is 11.8. The molecule has 0 radical (unpaired) electrons. The van der Waals surface area contributed by atoms with E-state index in [1.807, 2.05) is 0 Å². The minimum Gasteiger partial charge on any atom is -0.334 e. The summed E-state index contributed by atoms with van der Waals surface area (Å²) >= 11 is 0. The minimum absolute atomic E-state index is 0.0148. The van der Waals surface area contributed by atoms with Crippen molar-refractivity contribution in [1.29, 1.82) is 0 Å². The van der Waals surface area contributed by atoms with E-state index in [4.69, 9.17) is 0 Å². The minimum atomic E-state index is -1.13. The molecule has 178 valence electrons. The van der Waals surface area contributed by atoms with E-state index in [1.54, 1.807) is 35.4 Å². The van der Waals surface area contributed by atoms with E-state index in [-0.39, 0.29) is 6.04 Å². The number of nitrogens with zero attached hydrogens (tertiary/aromatic N) is 2. The highest BCUT2D eigenvalue weighted by Gasteiger charge is 2.34. The van der Waals surface area contributed by atoms with Gasteiger partial charge in [0.25, 0.3) is 5.91 Å². The molecule has 3 unspecified atom stereocenters. The molecule has 0 aliphatic carbocycles. The topological polar surface area (TPSA) is 40.6 Å². The van der Waals surface area contributed by atoms with Gasteiger partial charge in [-0.05, 0) is 74.5 Å². The number of carbonyl (C=O) groups excluding carboxylic acids is 1. The first-order valence-corrected chi connectivity index (χ1v) is 13.4. The molecule has 4 rings (SSSR count). The lowest BCUT2D eigenvalue weighted by molar-refractivity contribution is 0.0671. The summed E-state index contributed by atoms with van der Waals surface area (Å²) in [6.45, 7) is 4.54. The first-order chi connectivity index (χ1) is 15.8. The van der Waals surface area contributed by atoms with Gasteiger partial charge in [0.15, 0.2) is 0 Å². The summed E-state index contributed by atoms with van der Waals surface area (Å²) in [6.07, 6.45) is 8.06. The molecule has 0 spiro atoms. The van der Waals surface area contributed by atoms with Crippen LogP contribution in [0.3, 0.4) is 0 Å². The highest BCUT2D eigenvalue weighted by molar-refractivity contribution is 7.84. The first kappa shape index (κ1) is 24.0. The van der Waals surface area contributed by atoms with Gasteiger partial charge in [0.05, 0.1) is 0 Å². The summed E-state index contributed by atoms with van der Waals surface area (Å²) in [5.41, 5.74) is 0.488. The Balaban J connectivity index is 1.54. The van der Waals surface area contributed by atoms with E-state index in [1.165, 1.54) is 25.0 Å². The van der Waals surface area contributed by atoms with Crippen LogP contribution in [0.15, 0.2) is 41.3 Å². The van der Waals surface area contributed by atoms with Crippen molar-refractivity contribution in [1.82, 2.24) is 9.80 Å². The van der Waals surface area contributed by atoms with Crippen LogP contribution < -0.4 is 0 Å². The van der Waals surface area contributed by atoms with Crippen LogP contribution in [0.2, 0.25) is 0 Å². The maximum atomic E-state index is 15.1. The second kappa shape index (κ2) is 10.4. The van der Waals surface area contributed by atoms with E-state index in [0.717, 1.165) is 38.8 Å². The van der Waals surface area contributed by atoms with Crippen molar-refractivity contribution in [3.8, 4) is 11.1 Å². The predicted octanol–water partition coefficient (Wildman–Crippen LogP) is 5.24. The Hall–Kier alpha value is -2.12. The quantitative estimate of drug-likeness (QED) is 0.595. The largest absolute Gasteiger partial charge is 0.334 e. The molecule has 2 aromatic carbocycles. The Kier molecular flexibility index (Phi) is 7.59. The van der Waals surface area contributed by atoms with E-state index in [2.05, 4.69) is 11.8 Å². The third kappa shape index (κ3) is 5.35. The van der Waals surface area contributed by atoms with Crippen molar-refractivity contribution in [2.75, 3.05) is 25.9 Å². The Bertz CT molecular complexity index is 1000. The summed E-state index contributed by atoms with van der Waals surface area (Å²) < 4.78 is 41.7. The normalized spacial score (nSPS) is 22.8. The van der Waals surface area contributed by atoms with E-state index < -0.39 is 33.9 Å². The van der Waals surface area contributed by atoms with Gasteiger partial charge in [0.2, 0.25) is 0 Å². The van der Waals surface area contributed by atoms with Gasteiger partial charge in [-0.2, -0.15) is 0 Å². The molecule has 3 atom stereocenters. The second-order valence-corrected chi connectivity index (χ2v) is 10.7. The Morgan fingerprint density at radius 1 is 0.970 bits per heavy atom. The van der Waals surface area contributed by atoms with Crippen molar-refractivity contribution in [3.05, 3.63) is 53.6 Å². The molecule has 33 heavy (non-hydrogen) atoms. The number of amides is 1. The van der Waals surface area contributed by atoms with Crippen molar-refractivity contribution in [2.24, 2.45) is 0 Å². The lowest BCUT2D eigenvalue weighted by Gasteiger charge is -2.33. The van der Waals surface area contributed by atoms with Gasteiger partial charge < -0.3 is 4.90 Å². The molecule has 0 N–H and O–H groups in total. The molecule has 0 bridgehead atoms. The maximum absolute atomic E-state index is 15.1. The molecule has 2 saturated heterocycles. The van der Waals surface area contributed by atoms with Crippen LogP contribution in [-0.2, 0) is 10.8 Å². The zero-order valence-electron chi connectivity index (χ0n) is 19.4. The average Bonchev–Trinajstić information content (AvgIpc) is 3.16. The summed E-state index contributed by atoms with van der Waals surface area (Å²) in [7, 11) is -1.13. The smallest absolute Gasteiger partial charge is 0.260 e. The van der Waals surface area contributed by atoms with E-state index in [0.29, 0.717) is 28.6 Å². The van der Waals surface area contributed by atoms with Crippen molar-refractivity contribution >= 4 is 16.7 Å². The van der Waals surface area contributed by atoms with Crippen LogP contribution in [0, 0.1) is 11.6 Å². The zero-order chi connectivity index (χ0) is 23.5. The molecule has 0 saturated carbocycles. The fourth-order valence-electron chi connectivity index (χ4n) is 5.10. The monoisotopic (exact) mass is 474 g/mol. The van der Waals surface area contributed by atoms with E-state index >= 15 is 8.78 Å². The predicted molar refractivity (Wildman–Crippen MR) is 128 cm³/mol. The highest BCUT2D eigenvalue weighted by Crippen LogP contribution is 2.29. The molecular formula is C26H32F2N2O2S. The summed E-state index contributed by atoms with van der Waals surface area (Å²) in [5.74, 6) is -2.24. The van der Waals surface area contributed by atoms with Crippen LogP contribution in [0.5, 0.6) is 0 Å². The maximum Gasteiger partial charge on any atom is 0.260 e. The van der Waals surface area contributed by atoms with Gasteiger partial charge in [0.1, 0.15) is 17.2 Å². The number of carbonyl (C=O) groups is 1. The lowest BCUT2D eigenvalue weighted by atomic mass is 10.0. The molecule has 7 heteroatoms. The van der Waals surface area contributed by atoms with Gasteiger partial charge in [-0.1, -0.05) is 25.0 Å². The number of rotatable bonds is 5. The summed E-state index contributed by atoms with van der Waals surface area (Å²) in [6, 6.07) is 9.62. The van der Waals surface area contributed by atoms with Gasteiger partial charge >= 0.3 is 0 Å². The molecule has 1 amide bonds. The number of likely N-dealkylation sites (tertiary alicyclic amines) is 2. The fourth-order valence-corrected chi connectivity index (χ4v) is 5.62. The SMILES string of the molecule is CC1CCCCCN1CC1CCCN1C(=O)c1c(F)cc(-c2ccc(S(C)=O)cc2)cc1F. The lowest BCUT2D eigenvalue weighted by Crippen LogP contribution is -2.46. The van der Waals surface area contributed by atoms with Crippen LogP contribution in [-0.4, -0.2) is 57.9 Å². The van der Waals surface area contributed by atoms with Crippen LogP contribution in [0.1, 0.15) is 55.8 Å². The van der Waals surface area contributed by atoms with Gasteiger partial charge in [-0.25, -0.2) is 8.78 Å². The van der Waals surface area contributed by atoms with Crippen molar-refractivity contribution < 1.29 is 17.8 Å². The van der Waals surface area contributed by atoms with E-state index in [9.17, 15) is 9.00 Å². The standard InChI is InChI=1S/C26H32F2N2O2S/c1-18-7-4-3-5-13-29(18)17-21-8-6-14-30(21)26(31)25-23(27)15-20(16-24(25)28)19-9-11-22(12-10-19)33(2)32/h9-12,15-16,18,21H,3-8,13-14,17H2,1-2H3. The van der Waals surface area contributed by atoms with Gasteiger partial charge in [0, 0.05) is 47.1 Å². The third-order valence-corrected chi connectivity index (χ3v) is 7.99. The third-order valence-electron chi connectivity index (χ3n) is 7.05. The second-order valence-electron chi connectivity index (χ2n) is 9.28. The molecular weight excluding hydrogens is 442 g/mol. The molecule has 2 fully saturated rings. The molecule has 2 aliphatic rings. The van der Waals surface area contributed by atoms with Gasteiger partial charge in [-0.15, -0.1) is 0 Å². The van der Waals surface area contributed by atoms with Crippen LogP contribution >= 0.6 is 0 Å². The molecule has 2 aromatic rings. The average molecular weight is 475 g/mol. The summed E-state index contributed by atoms with van der Waals surface area (Å²) in [5, 5.41) is 0.